The zero-order valence-electron chi connectivity index (χ0n) is 17.1. The summed E-state index contributed by atoms with van der Waals surface area (Å²) in [4.78, 5) is 55.5. The predicted octanol–water partition coefficient (Wildman–Crippen LogP) is 3.52. The number of ether oxygens (including phenoxy) is 1. The number of anilines is 1. The molecule has 2 amide bonds. The third kappa shape index (κ3) is 2.45. The highest BCUT2D eigenvalue weighted by Gasteiger charge is 2.74. The van der Waals surface area contributed by atoms with Crippen molar-refractivity contribution in [3.8, 4) is 0 Å². The Morgan fingerprint density at radius 1 is 0.727 bits per heavy atom. The summed E-state index contributed by atoms with van der Waals surface area (Å²) in [5.74, 6) is -5.38. The lowest BCUT2D eigenvalue weighted by Gasteiger charge is -2.27. The van der Waals surface area contributed by atoms with Crippen LogP contribution in [0.15, 0.2) is 78.9 Å². The zero-order chi connectivity index (χ0) is 22.9. The molecule has 3 atom stereocenters. The summed E-state index contributed by atoms with van der Waals surface area (Å²) in [7, 11) is 0. The van der Waals surface area contributed by atoms with E-state index in [1.54, 1.807) is 42.5 Å². The van der Waals surface area contributed by atoms with E-state index in [0.29, 0.717) is 11.3 Å². The van der Waals surface area contributed by atoms with E-state index in [9.17, 15) is 23.6 Å². The molecular weight excluding hydrogens is 425 g/mol. The van der Waals surface area contributed by atoms with Crippen molar-refractivity contribution in [2.24, 2.45) is 11.8 Å². The maximum atomic E-state index is 13.7. The average molecular weight is 441 g/mol. The second-order valence-corrected chi connectivity index (χ2v) is 8.38. The molecule has 0 N–H and O–H groups in total. The van der Waals surface area contributed by atoms with Gasteiger partial charge in [0.2, 0.25) is 29.0 Å². The third-order valence-electron chi connectivity index (χ3n) is 6.73. The van der Waals surface area contributed by atoms with Gasteiger partial charge in [0.15, 0.2) is 0 Å². The molecule has 0 unspecified atom stereocenters. The fourth-order valence-electron chi connectivity index (χ4n) is 5.30. The van der Waals surface area contributed by atoms with Crippen LogP contribution in [-0.2, 0) is 14.3 Å². The first-order chi connectivity index (χ1) is 15.9. The molecule has 2 fully saturated rings. The second kappa shape index (κ2) is 6.76. The summed E-state index contributed by atoms with van der Waals surface area (Å²) < 4.78 is 19.7. The minimum Gasteiger partial charge on any atom is -0.349 e. The number of benzene rings is 3. The van der Waals surface area contributed by atoms with Crippen molar-refractivity contribution in [1.82, 2.24) is 0 Å². The molecule has 6 nitrogen and oxygen atoms in total. The summed E-state index contributed by atoms with van der Waals surface area (Å²) in [6.45, 7) is 0. The van der Waals surface area contributed by atoms with Crippen LogP contribution in [0.3, 0.4) is 0 Å². The maximum absolute atomic E-state index is 13.7. The molecule has 1 spiro atoms. The van der Waals surface area contributed by atoms with Crippen molar-refractivity contribution in [1.29, 1.82) is 0 Å². The number of carbonyl (C=O) groups excluding carboxylic acids is 4. The van der Waals surface area contributed by atoms with E-state index < -0.39 is 52.7 Å². The van der Waals surface area contributed by atoms with E-state index in [0.717, 1.165) is 4.90 Å². The highest BCUT2D eigenvalue weighted by atomic mass is 19.1. The number of rotatable bonds is 2. The summed E-state index contributed by atoms with van der Waals surface area (Å²) >= 11 is 0. The van der Waals surface area contributed by atoms with Crippen LogP contribution in [0.25, 0.3) is 0 Å². The SMILES string of the molecule is O=C1[C@@H]2[C@H](c3ccc(F)cc3)OC3(C(=O)c4ccccc4C3=O)[C@H]2C(=O)N1c1ccccc1. The first-order valence-electron chi connectivity index (χ1n) is 10.5. The largest absolute Gasteiger partial charge is 0.349 e. The Balaban J connectivity index is 1.55. The van der Waals surface area contributed by atoms with Gasteiger partial charge in [-0.2, -0.15) is 0 Å². The molecular formula is C26H16FNO5. The van der Waals surface area contributed by atoms with Crippen LogP contribution in [0.1, 0.15) is 32.4 Å². The smallest absolute Gasteiger partial charge is 0.241 e. The van der Waals surface area contributed by atoms with Crippen molar-refractivity contribution in [2.45, 2.75) is 11.7 Å². The summed E-state index contributed by atoms with van der Waals surface area (Å²) in [6, 6.07) is 20.0. The molecule has 7 heteroatoms. The summed E-state index contributed by atoms with van der Waals surface area (Å²) in [5, 5.41) is 0. The molecule has 3 aliphatic rings. The van der Waals surface area contributed by atoms with Crippen molar-refractivity contribution in [2.75, 3.05) is 4.90 Å². The molecule has 0 bridgehead atoms. The standard InChI is InChI=1S/C26H16FNO5/c27-15-12-10-14(11-13-15)21-19-20(25(32)28(24(19)31)16-6-2-1-3-7-16)26(33-21)22(29)17-8-4-5-9-18(17)23(26)30/h1-13,19-21H/t19-,20+,21-/m0/s1. The lowest BCUT2D eigenvalue weighted by atomic mass is 9.77. The number of nitrogens with zero attached hydrogens (tertiary/aromatic N) is 1. The molecule has 6 rings (SSSR count). The van der Waals surface area contributed by atoms with Crippen molar-refractivity contribution >= 4 is 29.1 Å². The Morgan fingerprint density at radius 2 is 1.30 bits per heavy atom. The number of ketones is 2. The van der Waals surface area contributed by atoms with Crippen LogP contribution >= 0.6 is 0 Å². The van der Waals surface area contributed by atoms with Gasteiger partial charge in [-0.25, -0.2) is 9.29 Å². The minimum absolute atomic E-state index is 0.166. The maximum Gasteiger partial charge on any atom is 0.241 e. The fraction of sp³-hybridized carbons (Fsp3) is 0.154. The molecule has 0 aromatic heterocycles. The number of para-hydroxylation sites is 1. The molecule has 2 heterocycles. The molecule has 2 aliphatic heterocycles. The molecule has 2 saturated heterocycles. The number of hydrogen-bond acceptors (Lipinski definition) is 5. The van der Waals surface area contributed by atoms with Gasteiger partial charge in [-0.1, -0.05) is 54.6 Å². The summed E-state index contributed by atoms with van der Waals surface area (Å²) in [5.41, 5.74) is -1.04. The van der Waals surface area contributed by atoms with E-state index in [2.05, 4.69) is 0 Å². The molecule has 0 saturated carbocycles. The molecule has 0 radical (unpaired) electrons. The Labute approximate surface area is 187 Å². The Morgan fingerprint density at radius 3 is 1.91 bits per heavy atom. The van der Waals surface area contributed by atoms with Crippen LogP contribution in [0.4, 0.5) is 10.1 Å². The van der Waals surface area contributed by atoms with E-state index in [-0.39, 0.29) is 11.1 Å². The quantitative estimate of drug-likeness (QED) is 0.449. The highest BCUT2D eigenvalue weighted by molar-refractivity contribution is 6.37. The molecule has 1 aliphatic carbocycles. The number of halogens is 1. The lowest BCUT2D eigenvalue weighted by Crippen LogP contribution is -2.51. The van der Waals surface area contributed by atoms with E-state index in [1.165, 1.54) is 36.4 Å². The van der Waals surface area contributed by atoms with Gasteiger partial charge in [0.05, 0.1) is 23.6 Å². The van der Waals surface area contributed by atoms with Crippen LogP contribution in [-0.4, -0.2) is 29.0 Å². The second-order valence-electron chi connectivity index (χ2n) is 8.38. The van der Waals surface area contributed by atoms with Gasteiger partial charge >= 0.3 is 0 Å². The number of amides is 2. The van der Waals surface area contributed by atoms with Crippen LogP contribution in [0, 0.1) is 17.7 Å². The third-order valence-corrected chi connectivity index (χ3v) is 6.73. The average Bonchev–Trinajstić information content (AvgIpc) is 3.40. The highest BCUT2D eigenvalue weighted by Crippen LogP contribution is 2.57. The van der Waals surface area contributed by atoms with Crippen molar-refractivity contribution < 1.29 is 28.3 Å². The van der Waals surface area contributed by atoms with Gasteiger partial charge < -0.3 is 4.74 Å². The number of hydrogen-bond donors (Lipinski definition) is 0. The Kier molecular flexibility index (Phi) is 4.04. The predicted molar refractivity (Wildman–Crippen MR) is 114 cm³/mol. The minimum atomic E-state index is -2.14. The van der Waals surface area contributed by atoms with E-state index in [4.69, 9.17) is 4.74 Å². The Hall–Kier alpha value is -3.97. The van der Waals surface area contributed by atoms with Gasteiger partial charge in [0.25, 0.3) is 0 Å². The monoisotopic (exact) mass is 441 g/mol. The van der Waals surface area contributed by atoms with Crippen molar-refractivity contribution in [3.05, 3.63) is 101 Å². The Bertz CT molecular complexity index is 1320. The first kappa shape index (κ1) is 19.7. The van der Waals surface area contributed by atoms with E-state index >= 15 is 0 Å². The van der Waals surface area contributed by atoms with Gasteiger partial charge in [0.1, 0.15) is 5.82 Å². The van der Waals surface area contributed by atoms with Crippen LogP contribution in [0.2, 0.25) is 0 Å². The lowest BCUT2D eigenvalue weighted by molar-refractivity contribution is -0.127. The number of Topliss-reactive ketones (excluding diaryl/α,β-unsaturated/α-hetero) is 2. The normalized spacial score (nSPS) is 25.1. The first-order valence-corrected chi connectivity index (χ1v) is 10.5. The fourth-order valence-corrected chi connectivity index (χ4v) is 5.30. The topological polar surface area (TPSA) is 80.8 Å². The van der Waals surface area contributed by atoms with E-state index in [1.807, 2.05) is 0 Å². The van der Waals surface area contributed by atoms with Crippen LogP contribution < -0.4 is 4.90 Å². The summed E-state index contributed by atoms with van der Waals surface area (Å²) in [6.07, 6.45) is -1.07. The number of imide groups is 1. The van der Waals surface area contributed by atoms with Gasteiger partial charge in [-0.3, -0.25) is 19.2 Å². The molecule has 33 heavy (non-hydrogen) atoms. The molecule has 3 aromatic carbocycles. The van der Waals surface area contributed by atoms with Crippen LogP contribution in [0.5, 0.6) is 0 Å². The molecule has 162 valence electrons. The van der Waals surface area contributed by atoms with Gasteiger partial charge in [-0.05, 0) is 29.8 Å². The van der Waals surface area contributed by atoms with Crippen molar-refractivity contribution in [3.63, 3.8) is 0 Å². The number of fused-ring (bicyclic) bond motifs is 3. The zero-order valence-corrected chi connectivity index (χ0v) is 17.1. The number of carbonyl (C=O) groups is 4. The molecule has 3 aromatic rings. The van der Waals surface area contributed by atoms with Gasteiger partial charge in [-0.15, -0.1) is 0 Å². The van der Waals surface area contributed by atoms with Gasteiger partial charge in [0, 0.05) is 11.1 Å².